The van der Waals surface area contributed by atoms with Crippen LogP contribution >= 0.6 is 0 Å². The maximum absolute atomic E-state index is 12.3. The molecule has 6 heteroatoms. The maximum Gasteiger partial charge on any atom is 0.261 e. The molecule has 2 aromatic rings. The third-order valence-corrected chi connectivity index (χ3v) is 4.19. The first-order chi connectivity index (χ1) is 11.1. The van der Waals surface area contributed by atoms with Gasteiger partial charge in [0, 0.05) is 13.0 Å². The van der Waals surface area contributed by atoms with Gasteiger partial charge in [0.2, 0.25) is 5.91 Å². The van der Waals surface area contributed by atoms with Gasteiger partial charge < -0.3 is 10.4 Å². The fraction of sp³-hybridized carbons (Fsp3) is 0.471. The van der Waals surface area contributed by atoms with Gasteiger partial charge in [0.15, 0.2) is 0 Å². The highest BCUT2D eigenvalue weighted by Crippen LogP contribution is 2.08. The first kappa shape index (κ1) is 17.1. The van der Waals surface area contributed by atoms with Gasteiger partial charge in [0.1, 0.15) is 0 Å². The lowest BCUT2D eigenvalue weighted by Gasteiger charge is -2.22. The first-order valence-electron chi connectivity index (χ1n) is 7.91. The molecule has 1 aromatic carbocycles. The van der Waals surface area contributed by atoms with E-state index in [2.05, 4.69) is 10.3 Å². The zero-order chi connectivity index (χ0) is 16.8. The summed E-state index contributed by atoms with van der Waals surface area (Å²) in [5, 5.41) is 12.7. The van der Waals surface area contributed by atoms with Gasteiger partial charge in [-0.05, 0) is 18.1 Å². The van der Waals surface area contributed by atoms with Crippen LogP contribution < -0.4 is 10.9 Å². The number of fused-ring (bicyclic) bond motifs is 1. The Kier molecular flexibility index (Phi) is 5.87. The number of benzene rings is 1. The number of hydrogen-bond acceptors (Lipinski definition) is 4. The van der Waals surface area contributed by atoms with Crippen LogP contribution in [0.3, 0.4) is 0 Å². The minimum absolute atomic E-state index is 0.0851. The van der Waals surface area contributed by atoms with Gasteiger partial charge >= 0.3 is 0 Å². The third-order valence-electron chi connectivity index (χ3n) is 4.19. The molecule has 0 saturated carbocycles. The molecule has 2 rings (SSSR count). The van der Waals surface area contributed by atoms with Gasteiger partial charge in [-0.1, -0.05) is 32.4 Å². The fourth-order valence-electron chi connectivity index (χ4n) is 2.42. The summed E-state index contributed by atoms with van der Waals surface area (Å²) in [5.41, 5.74) is 0.499. The van der Waals surface area contributed by atoms with Crippen LogP contribution in [-0.2, 0) is 11.3 Å². The third kappa shape index (κ3) is 4.16. The molecule has 2 atom stereocenters. The first-order valence-corrected chi connectivity index (χ1v) is 7.91. The summed E-state index contributed by atoms with van der Waals surface area (Å²) in [6.07, 6.45) is 2.52. The molecule has 6 nitrogen and oxygen atoms in total. The number of carbonyl (C=O) groups is 1. The summed E-state index contributed by atoms with van der Waals surface area (Å²) in [5.74, 6) is 0.0263. The number of carbonyl (C=O) groups excluding carboxylic acids is 1. The van der Waals surface area contributed by atoms with Crippen molar-refractivity contribution in [1.29, 1.82) is 0 Å². The van der Waals surface area contributed by atoms with Crippen LogP contribution in [0.15, 0.2) is 35.4 Å². The molecule has 1 amide bonds. The predicted molar refractivity (Wildman–Crippen MR) is 89.1 cm³/mol. The summed E-state index contributed by atoms with van der Waals surface area (Å²) < 4.78 is 1.44. The lowest BCUT2D eigenvalue weighted by Crippen LogP contribution is -2.42. The summed E-state index contributed by atoms with van der Waals surface area (Å²) in [6.45, 7) is 4.18. The molecule has 0 saturated heterocycles. The highest BCUT2D eigenvalue weighted by Gasteiger charge is 2.17. The predicted octanol–water partition coefficient (Wildman–Crippen LogP) is 1.31. The van der Waals surface area contributed by atoms with E-state index in [-0.39, 0.29) is 43.0 Å². The average molecular weight is 317 g/mol. The number of amides is 1. The van der Waals surface area contributed by atoms with Crippen LogP contribution in [-0.4, -0.2) is 33.2 Å². The largest absolute Gasteiger partial charge is 0.394 e. The quantitative estimate of drug-likeness (QED) is 0.806. The molecule has 0 aliphatic heterocycles. The molecule has 0 radical (unpaired) electrons. The topological polar surface area (TPSA) is 84.2 Å². The number of hydrogen-bond donors (Lipinski definition) is 2. The van der Waals surface area contributed by atoms with E-state index in [4.69, 9.17) is 0 Å². The van der Waals surface area contributed by atoms with Crippen LogP contribution in [0.4, 0.5) is 0 Å². The van der Waals surface area contributed by atoms with Crippen molar-refractivity contribution in [2.24, 2.45) is 5.92 Å². The molecule has 0 bridgehead atoms. The zero-order valence-electron chi connectivity index (χ0n) is 13.5. The molecular formula is C17H23N3O3. The highest BCUT2D eigenvalue weighted by atomic mass is 16.3. The number of nitrogens with one attached hydrogen (secondary N) is 1. The van der Waals surface area contributed by atoms with Crippen molar-refractivity contribution in [3.05, 3.63) is 40.9 Å². The molecule has 2 N–H and O–H groups in total. The second kappa shape index (κ2) is 7.87. The van der Waals surface area contributed by atoms with Gasteiger partial charge in [-0.25, -0.2) is 4.98 Å². The van der Waals surface area contributed by atoms with E-state index in [1.54, 1.807) is 18.2 Å². The average Bonchev–Trinajstić information content (AvgIpc) is 2.58. The van der Waals surface area contributed by atoms with E-state index >= 15 is 0 Å². The molecule has 1 heterocycles. The smallest absolute Gasteiger partial charge is 0.261 e. The van der Waals surface area contributed by atoms with E-state index in [1.165, 1.54) is 10.9 Å². The molecule has 1 aromatic heterocycles. The summed E-state index contributed by atoms with van der Waals surface area (Å²) >= 11 is 0. The molecular weight excluding hydrogens is 294 g/mol. The standard InChI is InChI=1S/C17H23N3O3/c1-3-12(2)15(10-21)19-16(22)8-9-20-11-18-14-7-5-4-6-13(14)17(20)23/h4-7,11-12,15,21H,3,8-10H2,1-2H3,(H,19,22)/t12-,15-/m1/s1. The van der Waals surface area contributed by atoms with Crippen molar-refractivity contribution in [1.82, 2.24) is 14.9 Å². The van der Waals surface area contributed by atoms with Gasteiger partial charge in [-0.15, -0.1) is 0 Å². The van der Waals surface area contributed by atoms with Gasteiger partial charge in [-0.2, -0.15) is 0 Å². The van der Waals surface area contributed by atoms with E-state index in [9.17, 15) is 14.7 Å². The van der Waals surface area contributed by atoms with Crippen molar-refractivity contribution in [3.63, 3.8) is 0 Å². The number of aliphatic hydroxyl groups is 1. The van der Waals surface area contributed by atoms with Crippen LogP contribution in [0, 0.1) is 5.92 Å². The van der Waals surface area contributed by atoms with Crippen molar-refractivity contribution >= 4 is 16.8 Å². The number of rotatable bonds is 7. The van der Waals surface area contributed by atoms with Crippen LogP contribution in [0.5, 0.6) is 0 Å². The second-order valence-electron chi connectivity index (χ2n) is 5.75. The number of aromatic nitrogens is 2. The molecule has 0 fully saturated rings. The van der Waals surface area contributed by atoms with Crippen molar-refractivity contribution in [2.45, 2.75) is 39.3 Å². The minimum atomic E-state index is -0.251. The number of aliphatic hydroxyl groups excluding tert-OH is 1. The summed E-state index contributed by atoms with van der Waals surface area (Å²) in [7, 11) is 0. The Morgan fingerprint density at radius 1 is 1.39 bits per heavy atom. The Morgan fingerprint density at radius 3 is 2.83 bits per heavy atom. The Morgan fingerprint density at radius 2 is 2.13 bits per heavy atom. The molecule has 0 aliphatic rings. The number of aryl methyl sites for hydroxylation is 1. The van der Waals surface area contributed by atoms with Gasteiger partial charge in [0.05, 0.1) is 29.9 Å². The van der Waals surface area contributed by atoms with E-state index < -0.39 is 0 Å². The second-order valence-corrected chi connectivity index (χ2v) is 5.75. The van der Waals surface area contributed by atoms with E-state index in [1.807, 2.05) is 19.9 Å². The number of nitrogens with zero attached hydrogens (tertiary/aromatic N) is 2. The Bertz CT molecular complexity index is 726. The zero-order valence-corrected chi connectivity index (χ0v) is 13.5. The van der Waals surface area contributed by atoms with Crippen LogP contribution in [0.25, 0.3) is 10.9 Å². The van der Waals surface area contributed by atoms with E-state index in [0.717, 1.165) is 6.42 Å². The Labute approximate surface area is 135 Å². The molecule has 0 unspecified atom stereocenters. The van der Waals surface area contributed by atoms with Crippen LogP contribution in [0.1, 0.15) is 26.7 Å². The molecule has 23 heavy (non-hydrogen) atoms. The molecule has 124 valence electrons. The Hall–Kier alpha value is -2.21. The monoisotopic (exact) mass is 317 g/mol. The fourth-order valence-corrected chi connectivity index (χ4v) is 2.42. The number of para-hydroxylation sites is 1. The molecule has 0 aliphatic carbocycles. The van der Waals surface area contributed by atoms with Crippen LogP contribution in [0.2, 0.25) is 0 Å². The summed E-state index contributed by atoms with van der Waals surface area (Å²) in [4.78, 5) is 28.6. The van der Waals surface area contributed by atoms with Crippen molar-refractivity contribution in [2.75, 3.05) is 6.61 Å². The van der Waals surface area contributed by atoms with Crippen molar-refractivity contribution in [3.8, 4) is 0 Å². The van der Waals surface area contributed by atoms with Crippen molar-refractivity contribution < 1.29 is 9.90 Å². The molecule has 0 spiro atoms. The van der Waals surface area contributed by atoms with E-state index in [0.29, 0.717) is 10.9 Å². The SMILES string of the molecule is CC[C@@H](C)[C@@H](CO)NC(=O)CCn1cnc2ccccc2c1=O. The van der Waals surface area contributed by atoms with Gasteiger partial charge in [-0.3, -0.25) is 14.2 Å². The lowest BCUT2D eigenvalue weighted by atomic mass is 10.00. The van der Waals surface area contributed by atoms with Gasteiger partial charge in [0.25, 0.3) is 5.56 Å². The summed E-state index contributed by atoms with van der Waals surface area (Å²) in [6, 6.07) is 6.88. The normalized spacial score (nSPS) is 13.7. The minimum Gasteiger partial charge on any atom is -0.394 e. The maximum atomic E-state index is 12.3. The highest BCUT2D eigenvalue weighted by molar-refractivity contribution is 5.77. The lowest BCUT2D eigenvalue weighted by molar-refractivity contribution is -0.122. The Balaban J connectivity index is 2.02.